The van der Waals surface area contributed by atoms with Gasteiger partial charge in [-0.15, -0.1) is 0 Å². The van der Waals surface area contributed by atoms with Crippen LogP contribution in [0.15, 0.2) is 92.6 Å². The van der Waals surface area contributed by atoms with Gasteiger partial charge in [0.05, 0.1) is 52.1 Å². The van der Waals surface area contributed by atoms with Crippen molar-refractivity contribution in [1.29, 1.82) is 0 Å². The topological polar surface area (TPSA) is 454 Å². The summed E-state index contributed by atoms with van der Waals surface area (Å²) in [5.74, 6) is 4.36. The van der Waals surface area contributed by atoms with Crippen molar-refractivity contribution >= 4 is 84.0 Å². The molecule has 33 nitrogen and oxygen atoms in total. The van der Waals surface area contributed by atoms with Gasteiger partial charge in [0, 0.05) is 81.6 Å². The second kappa shape index (κ2) is 34.8. The summed E-state index contributed by atoms with van der Waals surface area (Å²) >= 11 is 0. The molecule has 9 aromatic heterocycles. The lowest BCUT2D eigenvalue weighted by molar-refractivity contribution is -0.0620. The molecule has 35 heteroatoms. The number of aromatic nitrogens is 18. The number of nitrogens with two attached hydrogens (primary N) is 3. The number of anilines is 3. The molecule has 12 heterocycles. The maximum absolute atomic E-state index is 13.4. The number of fused-ring (bicyclic) bond motifs is 6. The summed E-state index contributed by atoms with van der Waals surface area (Å²) in [6.07, 6.45) is 16.7. The van der Waals surface area contributed by atoms with Crippen molar-refractivity contribution < 1.29 is 53.6 Å². The quantitative estimate of drug-likeness (QED) is 0.0217. The molecule has 5 saturated carbocycles. The van der Waals surface area contributed by atoms with Gasteiger partial charge in [-0.25, -0.2) is 68.6 Å². The fourth-order valence-electron chi connectivity index (χ4n) is 19.9. The molecule has 12 aromatic rings. The molecule has 5 aliphatic carbocycles. The van der Waals surface area contributed by atoms with Crippen LogP contribution in [0.2, 0.25) is 0 Å². The van der Waals surface area contributed by atoms with Crippen molar-refractivity contribution in [2.24, 2.45) is 17.8 Å². The van der Waals surface area contributed by atoms with Gasteiger partial charge in [0.2, 0.25) is 5.92 Å². The fourth-order valence-corrected chi connectivity index (χ4v) is 19.9. The molecule has 8 fully saturated rings. The average Bonchev–Trinajstić information content (AvgIpc) is 1.64. The number of alkyl halides is 2. The molecular weight excluding hydrogens is 1580 g/mol. The molecule has 20 rings (SSSR count). The van der Waals surface area contributed by atoms with Crippen LogP contribution in [0.5, 0.6) is 0 Å². The number of imidazole rings is 6. The zero-order chi connectivity index (χ0) is 85.6. The summed E-state index contributed by atoms with van der Waals surface area (Å²) in [5.41, 5.74) is 30.0. The van der Waals surface area contributed by atoms with E-state index in [-0.39, 0.29) is 42.0 Å². The molecule has 12 atom stereocenters. The number of aliphatic hydroxyl groups excluding tert-OH is 6. The van der Waals surface area contributed by atoms with Crippen LogP contribution in [0.4, 0.5) is 26.2 Å². The van der Waals surface area contributed by atoms with Crippen LogP contribution >= 0.6 is 0 Å². The molecule has 0 radical (unpaired) electrons. The lowest BCUT2D eigenvalue weighted by Gasteiger charge is -2.46. The number of aryl methyl sites for hydroxylation is 3. The molecule has 0 unspecified atom stereocenters. The highest BCUT2D eigenvalue weighted by Gasteiger charge is 2.51. The number of aromatic amines is 3. The Kier molecular flexibility index (Phi) is 23.9. The van der Waals surface area contributed by atoms with Crippen LogP contribution in [0.25, 0.3) is 66.6 Å². The zero-order valence-electron chi connectivity index (χ0n) is 70.7. The van der Waals surface area contributed by atoms with Crippen molar-refractivity contribution in [3.05, 3.63) is 127 Å². The van der Waals surface area contributed by atoms with Crippen LogP contribution in [0.1, 0.15) is 203 Å². The fraction of sp³-hybridized carbons (Fsp3) is 0.591. The molecule has 0 spiro atoms. The molecule has 0 bridgehead atoms. The SMILES string of the molecule is CC(C)N(C[C@H]1O[C@@H](n2cnc3c(N)ncnc32)[C@H](O)[C@@H]1O)C1CC(CCc2nc3ccc(C4CC4)cc3[nH]2)C1.CC(C)N(C[C@H]1O[C@@H](n2cnc3c(N)ncnc32)[C@H](O)[C@@H]1O)C1CC(CCc2nc3ccc(C4CCC4)cc3[nH]2)C1.CC(C)N(C[C@H]1O[C@@H](n2cnc3c(N)ncnc32)[C@H](O)[C@@H]1O)C1CC(CCc2nc3ccc(CC(C)(F)F)cc3[nH]2)C1. The molecule has 15 N–H and O–H groups in total. The largest absolute Gasteiger partial charge is 0.387 e. The maximum Gasteiger partial charge on any atom is 0.249 e. The van der Waals surface area contributed by atoms with Gasteiger partial charge in [-0.1, -0.05) is 24.6 Å². The van der Waals surface area contributed by atoms with Crippen molar-refractivity contribution in [2.75, 3.05) is 36.8 Å². The maximum atomic E-state index is 13.4. The molecule has 3 saturated heterocycles. The number of hydrogen-bond acceptors (Lipinski definition) is 27. The van der Waals surface area contributed by atoms with Gasteiger partial charge in [-0.05, 0) is 215 Å². The monoisotopic (exact) mass is 1690 g/mol. The number of rotatable bonds is 28. The Hall–Kier alpha value is -9.50. The number of nitrogens with zero attached hydrogens (tertiary/aromatic N) is 18. The van der Waals surface area contributed by atoms with Gasteiger partial charge < -0.3 is 77.0 Å². The minimum absolute atomic E-state index is 0.227. The van der Waals surface area contributed by atoms with Crippen LogP contribution in [0.3, 0.4) is 0 Å². The van der Waals surface area contributed by atoms with Crippen LogP contribution in [-0.4, -0.2) is 251 Å². The Morgan fingerprint density at radius 3 is 1.07 bits per heavy atom. The number of halogens is 2. The smallest absolute Gasteiger partial charge is 0.249 e. The Bertz CT molecular complexity index is 5670. The number of ether oxygens (including phenoxy) is 3. The molecular formula is C88H116F2N24O9. The van der Waals surface area contributed by atoms with Gasteiger partial charge >= 0.3 is 0 Å². The zero-order valence-corrected chi connectivity index (χ0v) is 70.7. The van der Waals surface area contributed by atoms with E-state index in [9.17, 15) is 39.4 Å². The number of aliphatic hydroxyl groups is 6. The van der Waals surface area contributed by atoms with E-state index in [2.05, 4.69) is 157 Å². The van der Waals surface area contributed by atoms with E-state index < -0.39 is 79.5 Å². The number of nitrogens with one attached hydrogen (secondary N) is 3. The van der Waals surface area contributed by atoms with Crippen molar-refractivity contribution in [1.82, 2.24) is 103 Å². The number of nitrogen functional groups attached to an aromatic ring is 3. The Morgan fingerprint density at radius 2 is 0.764 bits per heavy atom. The van der Waals surface area contributed by atoms with E-state index in [4.69, 9.17) is 41.4 Å². The normalized spacial score (nSPS) is 28.0. The molecule has 8 aliphatic rings. The van der Waals surface area contributed by atoms with Gasteiger partial charge in [-0.2, -0.15) is 0 Å². The number of hydrogen-bond donors (Lipinski definition) is 12. The highest BCUT2D eigenvalue weighted by Crippen LogP contribution is 2.45. The summed E-state index contributed by atoms with van der Waals surface area (Å²) in [6.45, 7) is 15.5. The molecule has 0 amide bonds. The van der Waals surface area contributed by atoms with Gasteiger partial charge in [0.1, 0.15) is 108 Å². The van der Waals surface area contributed by atoms with E-state index in [1.165, 1.54) is 81.2 Å². The molecule has 3 aromatic carbocycles. The van der Waals surface area contributed by atoms with Gasteiger partial charge in [0.15, 0.2) is 53.1 Å². The summed E-state index contributed by atoms with van der Waals surface area (Å²) < 4.78 is 50.4. The highest BCUT2D eigenvalue weighted by molar-refractivity contribution is 5.83. The van der Waals surface area contributed by atoms with E-state index in [1.54, 1.807) is 31.9 Å². The number of benzene rings is 3. The lowest BCUT2D eigenvalue weighted by atomic mass is 9.76. The predicted molar refractivity (Wildman–Crippen MR) is 458 cm³/mol. The number of H-pyrrole nitrogens is 3. The molecule has 123 heavy (non-hydrogen) atoms. The third-order valence-corrected chi connectivity index (χ3v) is 27.4. The first kappa shape index (κ1) is 84.3. The summed E-state index contributed by atoms with van der Waals surface area (Å²) in [5, 5.41) is 65.4. The first-order valence-electron chi connectivity index (χ1n) is 44.1. The third-order valence-electron chi connectivity index (χ3n) is 27.4. The highest BCUT2D eigenvalue weighted by atomic mass is 19.3. The average molecular weight is 1690 g/mol. The van der Waals surface area contributed by atoms with E-state index in [1.807, 2.05) is 0 Å². The van der Waals surface area contributed by atoms with Crippen molar-refractivity contribution in [3.63, 3.8) is 0 Å². The summed E-state index contributed by atoms with van der Waals surface area (Å²) in [6, 6.07) is 20.7. The minimum atomic E-state index is -2.75. The van der Waals surface area contributed by atoms with Gasteiger partial charge in [-0.3, -0.25) is 28.4 Å². The standard InChI is InChI=1S/C30H40N8O3.C29H38F2N8O3.C29H38N8O3/c1-16(2)37(13-23-26(39)27(40)30(41-23)38-15-34-25-28(31)32-14-33-29(25)38)20-10-17(11-20)6-9-24-35-21-8-7-19(12-22(21)36-24)18-4-3-5-18;1-15(2)38(12-21-24(40)25(41)28(42-21)39-14-35-23-26(32)33-13-34-27(23)39)18-8-16(9-18)5-7-22-36-19-6-4-17(10-20(19)37-22)11-29(3,30)31;1-15(2)36(12-22-25(38)26(39)29(40-22)37-14-33-24-27(30)31-13-32-28(24)37)19-9-16(10-19)3-8-23-34-20-7-6-18(17-4-5-17)11-21(20)35-23/h7-8,12,14-18,20,23,26-27,30,39-40H,3-6,9-11,13H2,1-2H3,(H,35,36)(H2,31,32,33);4,6,10,13-16,18,21,24-25,28,40-41H,5,7-9,11-12H2,1-3H3,(H,36,37)(H2,32,33,34);6-7,11,13-17,19,22,25-26,29,38-39H,3-5,8-10,12H2,1-2H3,(H,34,35)(H2,30,31,32)/t17?,20?,23-,26-,27-,30-;16?,18?,21-,24-,25-,28-;16?,19?,22-,25-,26-,29-/m111/s1. The van der Waals surface area contributed by atoms with Crippen LogP contribution < -0.4 is 17.2 Å². The van der Waals surface area contributed by atoms with E-state index in [0.717, 1.165) is 146 Å². The predicted octanol–water partition coefficient (Wildman–Crippen LogP) is 9.42. The first-order valence-corrected chi connectivity index (χ1v) is 44.1. The van der Waals surface area contributed by atoms with Crippen molar-refractivity contribution in [2.45, 2.75) is 292 Å². The second-order valence-corrected chi connectivity index (χ2v) is 37.0. The first-order chi connectivity index (χ1) is 59.2. The lowest BCUT2D eigenvalue weighted by Crippen LogP contribution is -2.52. The Labute approximate surface area is 710 Å². The second-order valence-electron chi connectivity index (χ2n) is 37.0. The van der Waals surface area contributed by atoms with E-state index >= 15 is 0 Å². The minimum Gasteiger partial charge on any atom is -0.387 e. The van der Waals surface area contributed by atoms with Crippen LogP contribution in [0, 0.1) is 17.8 Å². The third kappa shape index (κ3) is 17.6. The van der Waals surface area contributed by atoms with Crippen molar-refractivity contribution in [3.8, 4) is 0 Å². The Morgan fingerprint density at radius 1 is 0.439 bits per heavy atom. The van der Waals surface area contributed by atoms with E-state index in [0.29, 0.717) is 94.6 Å². The van der Waals surface area contributed by atoms with Crippen LogP contribution in [-0.2, 0) is 39.9 Å². The molecule has 656 valence electrons. The Balaban J connectivity index is 0.000000126. The summed E-state index contributed by atoms with van der Waals surface area (Å²) in [7, 11) is 0. The molecule has 3 aliphatic heterocycles. The van der Waals surface area contributed by atoms with Gasteiger partial charge in [0.25, 0.3) is 0 Å². The summed E-state index contributed by atoms with van der Waals surface area (Å²) in [4.78, 5) is 69.4.